The molecule has 0 aliphatic heterocycles. The summed E-state index contributed by atoms with van der Waals surface area (Å²) in [7, 11) is 0. The number of amides is 1. The van der Waals surface area contributed by atoms with Gasteiger partial charge in [0.15, 0.2) is 0 Å². The monoisotopic (exact) mass is 478 g/mol. The van der Waals surface area contributed by atoms with Crippen molar-refractivity contribution in [2.45, 2.75) is 32.9 Å². The maximum Gasteiger partial charge on any atom is 0.417 e. The number of benzene rings is 1. The number of carbonyl (C=O) groups is 1. The van der Waals surface area contributed by atoms with Crippen molar-refractivity contribution in [3.63, 3.8) is 0 Å². The molecule has 33 heavy (non-hydrogen) atoms. The molecule has 1 amide bonds. The molecule has 0 radical (unpaired) electrons. The topological polar surface area (TPSA) is 57.3 Å². The average molecular weight is 479 g/mol. The molecule has 0 fully saturated rings. The molecule has 0 saturated heterocycles. The van der Waals surface area contributed by atoms with Gasteiger partial charge < -0.3 is 10.2 Å². The first-order valence-corrected chi connectivity index (χ1v) is 11.8. The third-order valence-electron chi connectivity index (χ3n) is 4.68. The second-order valence-electron chi connectivity index (χ2n) is 7.11. The summed E-state index contributed by atoms with van der Waals surface area (Å²) in [5, 5.41) is 3.09. The Kier molecular flexibility index (Phi) is 11.1. The predicted molar refractivity (Wildman–Crippen MR) is 128 cm³/mol. The lowest BCUT2D eigenvalue weighted by Crippen LogP contribution is -2.36. The van der Waals surface area contributed by atoms with Gasteiger partial charge in [-0.2, -0.15) is 13.2 Å². The van der Waals surface area contributed by atoms with E-state index in [2.05, 4.69) is 33.8 Å². The fourth-order valence-corrected chi connectivity index (χ4v) is 3.66. The first kappa shape index (κ1) is 26.6. The standard InChI is InChI=1S/C24H29F3N4OS/c1-3-5-17-33-30-14-8-9-19-12-13-22(29-18-19)28-15-16-31(4-2)23(32)20-10-6-7-11-21(20)24(25,26)27/h6-7,10-13,18,30H,3-5,14-17H2,1-2H3,(H,28,29). The van der Waals surface area contributed by atoms with Crippen LogP contribution in [-0.2, 0) is 6.18 Å². The summed E-state index contributed by atoms with van der Waals surface area (Å²) in [6, 6.07) is 8.47. The number of pyridine rings is 1. The van der Waals surface area contributed by atoms with Crippen LogP contribution in [0.2, 0.25) is 0 Å². The van der Waals surface area contributed by atoms with Crippen molar-refractivity contribution in [3.05, 3.63) is 59.3 Å². The molecule has 2 N–H and O–H groups in total. The van der Waals surface area contributed by atoms with Crippen LogP contribution in [0.3, 0.4) is 0 Å². The number of alkyl halides is 3. The van der Waals surface area contributed by atoms with Crippen LogP contribution in [0.1, 0.15) is 48.2 Å². The Bertz CT molecular complexity index is 939. The summed E-state index contributed by atoms with van der Waals surface area (Å²) >= 11 is 1.67. The quantitative estimate of drug-likeness (QED) is 0.269. The molecule has 0 aliphatic rings. The molecule has 1 aromatic heterocycles. The van der Waals surface area contributed by atoms with Gasteiger partial charge in [0.05, 0.1) is 17.7 Å². The molecule has 0 atom stereocenters. The largest absolute Gasteiger partial charge is 0.417 e. The SMILES string of the molecule is CCCCSNCC#Cc1ccc(NCCN(CC)C(=O)c2ccccc2C(F)(F)F)nc1. The number of likely N-dealkylation sites (N-methyl/N-ethyl adjacent to an activating group) is 1. The number of rotatable bonds is 11. The van der Waals surface area contributed by atoms with Gasteiger partial charge in [-0.05, 0) is 37.6 Å². The van der Waals surface area contributed by atoms with Gasteiger partial charge in [0, 0.05) is 37.1 Å². The zero-order valence-electron chi connectivity index (χ0n) is 18.8. The molecule has 1 aromatic carbocycles. The van der Waals surface area contributed by atoms with Gasteiger partial charge >= 0.3 is 6.18 Å². The van der Waals surface area contributed by atoms with Crippen molar-refractivity contribution in [1.29, 1.82) is 0 Å². The van der Waals surface area contributed by atoms with Crippen LogP contribution in [0.15, 0.2) is 42.6 Å². The first-order chi connectivity index (χ1) is 15.9. The third-order valence-corrected chi connectivity index (χ3v) is 5.52. The van der Waals surface area contributed by atoms with Crippen LogP contribution in [0.4, 0.5) is 19.0 Å². The van der Waals surface area contributed by atoms with Crippen molar-refractivity contribution in [1.82, 2.24) is 14.6 Å². The number of hydrogen-bond donors (Lipinski definition) is 2. The number of nitrogens with zero attached hydrogens (tertiary/aromatic N) is 2. The number of aromatic nitrogens is 1. The zero-order valence-corrected chi connectivity index (χ0v) is 19.7. The number of unbranched alkanes of at least 4 members (excludes halogenated alkanes) is 1. The molecule has 9 heteroatoms. The maximum absolute atomic E-state index is 13.2. The number of anilines is 1. The van der Waals surface area contributed by atoms with Crippen molar-refractivity contribution in [3.8, 4) is 11.8 Å². The Hall–Kier alpha value is -2.70. The predicted octanol–water partition coefficient (Wildman–Crippen LogP) is 5.06. The van der Waals surface area contributed by atoms with Crippen LogP contribution in [0.5, 0.6) is 0 Å². The molecular weight excluding hydrogens is 449 g/mol. The average Bonchev–Trinajstić information content (AvgIpc) is 2.81. The van der Waals surface area contributed by atoms with E-state index in [-0.39, 0.29) is 12.1 Å². The second kappa shape index (κ2) is 13.8. The lowest BCUT2D eigenvalue weighted by atomic mass is 10.1. The molecule has 1 heterocycles. The van der Waals surface area contributed by atoms with Gasteiger partial charge in [0.25, 0.3) is 5.91 Å². The molecule has 2 aromatic rings. The molecule has 0 spiro atoms. The van der Waals surface area contributed by atoms with Crippen LogP contribution in [-0.4, -0.2) is 47.7 Å². The van der Waals surface area contributed by atoms with E-state index in [1.165, 1.54) is 35.9 Å². The Morgan fingerprint density at radius 3 is 2.64 bits per heavy atom. The minimum absolute atomic E-state index is 0.242. The van der Waals surface area contributed by atoms with E-state index in [0.29, 0.717) is 25.5 Å². The van der Waals surface area contributed by atoms with Crippen molar-refractivity contribution in [2.75, 3.05) is 37.2 Å². The highest BCUT2D eigenvalue weighted by molar-refractivity contribution is 7.97. The summed E-state index contributed by atoms with van der Waals surface area (Å²) in [4.78, 5) is 18.4. The Labute approximate surface area is 197 Å². The summed E-state index contributed by atoms with van der Waals surface area (Å²) in [6.07, 6.45) is -0.579. The van der Waals surface area contributed by atoms with E-state index in [0.717, 1.165) is 17.4 Å². The number of halogens is 3. The van der Waals surface area contributed by atoms with E-state index in [4.69, 9.17) is 0 Å². The van der Waals surface area contributed by atoms with Crippen LogP contribution in [0.25, 0.3) is 0 Å². The van der Waals surface area contributed by atoms with E-state index in [1.807, 2.05) is 6.07 Å². The summed E-state index contributed by atoms with van der Waals surface area (Å²) in [5.41, 5.74) is -0.476. The third kappa shape index (κ3) is 8.98. The lowest BCUT2D eigenvalue weighted by molar-refractivity contribution is -0.138. The minimum Gasteiger partial charge on any atom is -0.368 e. The summed E-state index contributed by atoms with van der Waals surface area (Å²) in [6.45, 7) is 5.36. The molecular formula is C24H29F3N4OS. The van der Waals surface area contributed by atoms with E-state index in [1.54, 1.807) is 31.1 Å². The van der Waals surface area contributed by atoms with Gasteiger partial charge in [-0.1, -0.05) is 49.3 Å². The van der Waals surface area contributed by atoms with Crippen molar-refractivity contribution in [2.24, 2.45) is 0 Å². The molecule has 0 bridgehead atoms. The Morgan fingerprint density at radius 1 is 1.18 bits per heavy atom. The molecule has 178 valence electrons. The first-order valence-electron chi connectivity index (χ1n) is 10.9. The van der Waals surface area contributed by atoms with Crippen LogP contribution >= 0.6 is 11.9 Å². The van der Waals surface area contributed by atoms with Gasteiger partial charge in [-0.15, -0.1) is 0 Å². The zero-order chi connectivity index (χ0) is 24.1. The summed E-state index contributed by atoms with van der Waals surface area (Å²) in [5.74, 6) is 7.10. The van der Waals surface area contributed by atoms with Crippen LogP contribution < -0.4 is 10.0 Å². The van der Waals surface area contributed by atoms with Gasteiger partial charge in [-0.3, -0.25) is 9.52 Å². The van der Waals surface area contributed by atoms with Crippen molar-refractivity contribution < 1.29 is 18.0 Å². The van der Waals surface area contributed by atoms with Gasteiger partial charge in [-0.25, -0.2) is 4.98 Å². The maximum atomic E-state index is 13.2. The second-order valence-corrected chi connectivity index (χ2v) is 8.10. The lowest BCUT2D eigenvalue weighted by Gasteiger charge is -2.23. The highest BCUT2D eigenvalue weighted by Crippen LogP contribution is 2.32. The fraction of sp³-hybridized carbons (Fsp3) is 0.417. The van der Waals surface area contributed by atoms with Crippen LogP contribution in [0, 0.1) is 11.8 Å². The highest BCUT2D eigenvalue weighted by Gasteiger charge is 2.35. The normalized spacial score (nSPS) is 10.9. The Balaban J connectivity index is 1.85. The van der Waals surface area contributed by atoms with Crippen molar-refractivity contribution >= 4 is 23.7 Å². The highest BCUT2D eigenvalue weighted by atomic mass is 32.2. The molecule has 0 unspecified atom stereocenters. The fourth-order valence-electron chi connectivity index (χ4n) is 2.90. The number of nitrogens with one attached hydrogen (secondary N) is 2. The van der Waals surface area contributed by atoms with E-state index >= 15 is 0 Å². The molecule has 5 nitrogen and oxygen atoms in total. The van der Waals surface area contributed by atoms with E-state index in [9.17, 15) is 18.0 Å². The molecule has 0 aliphatic carbocycles. The number of carbonyl (C=O) groups excluding carboxylic acids is 1. The van der Waals surface area contributed by atoms with E-state index < -0.39 is 17.6 Å². The molecule has 0 saturated carbocycles. The van der Waals surface area contributed by atoms with Gasteiger partial charge in [0.2, 0.25) is 0 Å². The number of hydrogen-bond acceptors (Lipinski definition) is 5. The minimum atomic E-state index is -4.58. The smallest absolute Gasteiger partial charge is 0.368 e. The van der Waals surface area contributed by atoms with Gasteiger partial charge in [0.1, 0.15) is 5.82 Å². The summed E-state index contributed by atoms with van der Waals surface area (Å²) < 4.78 is 42.9. The Morgan fingerprint density at radius 2 is 1.97 bits per heavy atom. The molecule has 2 rings (SSSR count).